The van der Waals surface area contributed by atoms with E-state index in [1.807, 2.05) is 30.3 Å². The SMILES string of the molecule is CC(C)(C)OC(=O)N(CC(=O)OC1CCCC1)c1ccc(OCc2ccccc2)cc1. The van der Waals surface area contributed by atoms with E-state index in [0.29, 0.717) is 18.0 Å². The normalized spacial score (nSPS) is 14.2. The molecule has 0 N–H and O–H groups in total. The maximum Gasteiger partial charge on any atom is 0.415 e. The Kier molecular flexibility index (Phi) is 7.55. The van der Waals surface area contributed by atoms with Gasteiger partial charge in [0.05, 0.1) is 0 Å². The molecular formula is C25H31NO5. The second-order valence-corrected chi connectivity index (χ2v) is 8.73. The third-order valence-electron chi connectivity index (χ3n) is 4.90. The average molecular weight is 426 g/mol. The van der Waals surface area contributed by atoms with Gasteiger partial charge < -0.3 is 14.2 Å². The second-order valence-electron chi connectivity index (χ2n) is 8.73. The van der Waals surface area contributed by atoms with Crippen LogP contribution >= 0.6 is 0 Å². The van der Waals surface area contributed by atoms with Crippen LogP contribution in [0.2, 0.25) is 0 Å². The predicted molar refractivity (Wildman–Crippen MR) is 119 cm³/mol. The quantitative estimate of drug-likeness (QED) is 0.549. The Bertz CT molecular complexity index is 852. The highest BCUT2D eigenvalue weighted by atomic mass is 16.6. The van der Waals surface area contributed by atoms with Crippen LogP contribution in [-0.2, 0) is 20.9 Å². The molecule has 2 aromatic rings. The lowest BCUT2D eigenvalue weighted by Crippen LogP contribution is -2.41. The molecule has 0 heterocycles. The molecule has 2 aromatic carbocycles. The Morgan fingerprint density at radius 1 is 0.968 bits per heavy atom. The summed E-state index contributed by atoms with van der Waals surface area (Å²) >= 11 is 0. The molecule has 6 heteroatoms. The molecule has 0 aliphatic heterocycles. The van der Waals surface area contributed by atoms with E-state index in [2.05, 4.69) is 0 Å². The van der Waals surface area contributed by atoms with Gasteiger partial charge in [0, 0.05) is 5.69 Å². The number of carbonyl (C=O) groups is 2. The summed E-state index contributed by atoms with van der Waals surface area (Å²) in [5.74, 6) is 0.243. The van der Waals surface area contributed by atoms with Crippen molar-refractivity contribution in [1.82, 2.24) is 0 Å². The zero-order valence-corrected chi connectivity index (χ0v) is 18.5. The van der Waals surface area contributed by atoms with Crippen LogP contribution in [-0.4, -0.2) is 30.3 Å². The maximum atomic E-state index is 12.8. The number of hydrogen-bond acceptors (Lipinski definition) is 5. The lowest BCUT2D eigenvalue weighted by molar-refractivity contribution is -0.147. The molecule has 0 aromatic heterocycles. The zero-order chi connectivity index (χ0) is 22.3. The molecule has 0 bridgehead atoms. The first-order valence-electron chi connectivity index (χ1n) is 10.8. The van der Waals surface area contributed by atoms with Gasteiger partial charge in [0.25, 0.3) is 0 Å². The van der Waals surface area contributed by atoms with Gasteiger partial charge in [0.1, 0.15) is 30.6 Å². The number of nitrogens with zero attached hydrogens (tertiary/aromatic N) is 1. The van der Waals surface area contributed by atoms with Crippen molar-refractivity contribution < 1.29 is 23.8 Å². The average Bonchev–Trinajstić information content (AvgIpc) is 3.23. The lowest BCUT2D eigenvalue weighted by atomic mass is 10.2. The molecule has 1 aliphatic rings. The highest BCUT2D eigenvalue weighted by Crippen LogP contribution is 2.24. The van der Waals surface area contributed by atoms with Gasteiger partial charge in [-0.15, -0.1) is 0 Å². The number of hydrogen-bond donors (Lipinski definition) is 0. The van der Waals surface area contributed by atoms with Crippen molar-refractivity contribution in [3.8, 4) is 5.75 Å². The standard InChI is InChI=1S/C25H31NO5/c1-25(2,3)31-24(28)26(17-23(27)30-22-11-7-8-12-22)20-13-15-21(16-14-20)29-18-19-9-5-4-6-10-19/h4-6,9-10,13-16,22H,7-8,11-12,17-18H2,1-3H3. The summed E-state index contributed by atoms with van der Waals surface area (Å²) in [6.45, 7) is 5.63. The molecule has 0 saturated heterocycles. The van der Waals surface area contributed by atoms with Crippen molar-refractivity contribution in [2.24, 2.45) is 0 Å². The summed E-state index contributed by atoms with van der Waals surface area (Å²) in [4.78, 5) is 26.6. The molecule has 1 fully saturated rings. The van der Waals surface area contributed by atoms with Gasteiger partial charge in [-0.25, -0.2) is 4.79 Å². The van der Waals surface area contributed by atoms with Crippen molar-refractivity contribution in [2.45, 2.75) is 64.8 Å². The van der Waals surface area contributed by atoms with E-state index >= 15 is 0 Å². The number of carbonyl (C=O) groups excluding carboxylic acids is 2. The number of amides is 1. The van der Waals surface area contributed by atoms with E-state index in [1.54, 1.807) is 45.0 Å². The van der Waals surface area contributed by atoms with E-state index in [1.165, 1.54) is 4.90 Å². The molecule has 3 rings (SSSR count). The summed E-state index contributed by atoms with van der Waals surface area (Å²) in [7, 11) is 0. The number of anilines is 1. The summed E-state index contributed by atoms with van der Waals surface area (Å²) in [6.07, 6.45) is 3.25. The third-order valence-corrected chi connectivity index (χ3v) is 4.90. The summed E-state index contributed by atoms with van der Waals surface area (Å²) in [5.41, 5.74) is 0.935. The molecule has 0 unspecified atom stereocenters. The minimum absolute atomic E-state index is 0.0539. The Morgan fingerprint density at radius 3 is 2.23 bits per heavy atom. The molecule has 1 amide bonds. The van der Waals surface area contributed by atoms with Crippen LogP contribution in [0.25, 0.3) is 0 Å². The molecule has 166 valence electrons. The van der Waals surface area contributed by atoms with Crippen LogP contribution in [0, 0.1) is 0 Å². The summed E-state index contributed by atoms with van der Waals surface area (Å²) in [5, 5.41) is 0. The molecular weight excluding hydrogens is 394 g/mol. The van der Waals surface area contributed by atoms with Gasteiger partial charge in [-0.05, 0) is 76.3 Å². The monoisotopic (exact) mass is 425 g/mol. The van der Waals surface area contributed by atoms with E-state index in [0.717, 1.165) is 31.2 Å². The Labute approximate surface area is 184 Å². The maximum absolute atomic E-state index is 12.8. The smallest absolute Gasteiger partial charge is 0.415 e. The number of benzene rings is 2. The van der Waals surface area contributed by atoms with Crippen molar-refractivity contribution in [3.05, 3.63) is 60.2 Å². The van der Waals surface area contributed by atoms with Crippen LogP contribution in [0.1, 0.15) is 52.0 Å². The third kappa shape index (κ3) is 7.31. The van der Waals surface area contributed by atoms with Crippen LogP contribution < -0.4 is 9.64 Å². The van der Waals surface area contributed by atoms with Crippen molar-refractivity contribution in [1.29, 1.82) is 0 Å². The fourth-order valence-corrected chi connectivity index (χ4v) is 3.40. The summed E-state index contributed by atoms with van der Waals surface area (Å²) in [6, 6.07) is 16.9. The Balaban J connectivity index is 1.67. The van der Waals surface area contributed by atoms with Gasteiger partial charge in [-0.1, -0.05) is 30.3 Å². The minimum Gasteiger partial charge on any atom is -0.489 e. The van der Waals surface area contributed by atoms with E-state index in [4.69, 9.17) is 14.2 Å². The topological polar surface area (TPSA) is 65.1 Å². The first kappa shape index (κ1) is 22.7. The molecule has 0 atom stereocenters. The Morgan fingerprint density at radius 2 is 1.61 bits per heavy atom. The first-order valence-corrected chi connectivity index (χ1v) is 10.8. The molecule has 31 heavy (non-hydrogen) atoms. The lowest BCUT2D eigenvalue weighted by Gasteiger charge is -2.27. The van der Waals surface area contributed by atoms with Gasteiger partial charge >= 0.3 is 12.1 Å². The Hall–Kier alpha value is -3.02. The van der Waals surface area contributed by atoms with Crippen LogP contribution in [0.15, 0.2) is 54.6 Å². The van der Waals surface area contributed by atoms with Gasteiger partial charge in [0.2, 0.25) is 0 Å². The predicted octanol–water partition coefficient (Wildman–Crippen LogP) is 5.49. The second kappa shape index (κ2) is 10.3. The number of ether oxygens (including phenoxy) is 3. The fourth-order valence-electron chi connectivity index (χ4n) is 3.40. The zero-order valence-electron chi connectivity index (χ0n) is 18.5. The van der Waals surface area contributed by atoms with Crippen molar-refractivity contribution in [2.75, 3.05) is 11.4 Å². The molecule has 0 spiro atoms. The molecule has 1 aliphatic carbocycles. The highest BCUT2D eigenvalue weighted by molar-refractivity contribution is 5.93. The van der Waals surface area contributed by atoms with Crippen LogP contribution in [0.5, 0.6) is 5.75 Å². The number of rotatable bonds is 7. The van der Waals surface area contributed by atoms with Gasteiger partial charge in [-0.3, -0.25) is 9.69 Å². The molecule has 1 saturated carbocycles. The fraction of sp³-hybridized carbons (Fsp3) is 0.440. The van der Waals surface area contributed by atoms with Gasteiger partial charge in [-0.2, -0.15) is 0 Å². The summed E-state index contributed by atoms with van der Waals surface area (Å²) < 4.78 is 16.9. The molecule has 0 radical (unpaired) electrons. The van der Waals surface area contributed by atoms with Gasteiger partial charge in [0.15, 0.2) is 0 Å². The van der Waals surface area contributed by atoms with Crippen LogP contribution in [0.4, 0.5) is 10.5 Å². The van der Waals surface area contributed by atoms with E-state index in [9.17, 15) is 9.59 Å². The van der Waals surface area contributed by atoms with Crippen LogP contribution in [0.3, 0.4) is 0 Å². The largest absolute Gasteiger partial charge is 0.489 e. The van der Waals surface area contributed by atoms with E-state index < -0.39 is 17.7 Å². The highest BCUT2D eigenvalue weighted by Gasteiger charge is 2.27. The van der Waals surface area contributed by atoms with Crippen molar-refractivity contribution >= 4 is 17.7 Å². The van der Waals surface area contributed by atoms with Crippen molar-refractivity contribution in [3.63, 3.8) is 0 Å². The first-order chi connectivity index (χ1) is 14.8. The van der Waals surface area contributed by atoms with E-state index in [-0.39, 0.29) is 12.6 Å². The number of esters is 1. The minimum atomic E-state index is -0.677. The molecule has 6 nitrogen and oxygen atoms in total.